The molecule has 3 nitrogen and oxygen atoms in total. The average molecular weight is 272 g/mol. The summed E-state index contributed by atoms with van der Waals surface area (Å²) in [5, 5.41) is 17.9. The van der Waals surface area contributed by atoms with Crippen LogP contribution in [0.2, 0.25) is 0 Å². The highest BCUT2D eigenvalue weighted by Gasteiger charge is 2.08. The smallest absolute Gasteiger partial charge is 0.305 e. The fourth-order valence-electron chi connectivity index (χ4n) is 2.26. The Balaban J connectivity index is 3.17. The number of hydrogen-bond donors (Lipinski definition) is 2. The number of carboxylic acids is 1. The topological polar surface area (TPSA) is 57.5 Å². The second-order valence-corrected chi connectivity index (χ2v) is 5.82. The summed E-state index contributed by atoms with van der Waals surface area (Å²) in [6.45, 7) is 4.58. The summed E-state index contributed by atoms with van der Waals surface area (Å²) in [6, 6.07) is 0. The lowest BCUT2D eigenvalue weighted by Gasteiger charge is -2.08. The van der Waals surface area contributed by atoms with Gasteiger partial charge >= 0.3 is 5.97 Å². The monoisotopic (exact) mass is 272 g/mol. The van der Waals surface area contributed by atoms with E-state index in [1.54, 1.807) is 0 Å². The van der Waals surface area contributed by atoms with E-state index in [9.17, 15) is 9.90 Å². The molecule has 0 aromatic rings. The standard InChI is InChI=1S/C16H32O3/c1-3-14(2)11-9-7-5-4-6-8-10-12-15(17)13-16(18)19/h14-15,17H,3-13H2,1-2H3,(H,18,19). The van der Waals surface area contributed by atoms with Crippen LogP contribution in [0.5, 0.6) is 0 Å². The summed E-state index contributed by atoms with van der Waals surface area (Å²) < 4.78 is 0. The molecule has 0 spiro atoms. The van der Waals surface area contributed by atoms with Gasteiger partial charge in [-0.2, -0.15) is 0 Å². The van der Waals surface area contributed by atoms with Crippen molar-refractivity contribution in [1.82, 2.24) is 0 Å². The lowest BCUT2D eigenvalue weighted by Crippen LogP contribution is -2.12. The first kappa shape index (κ1) is 18.4. The Morgan fingerprint density at radius 3 is 1.89 bits per heavy atom. The van der Waals surface area contributed by atoms with Crippen molar-refractivity contribution in [2.45, 2.75) is 90.6 Å². The third-order valence-electron chi connectivity index (χ3n) is 3.84. The summed E-state index contributed by atoms with van der Waals surface area (Å²) >= 11 is 0. The molecule has 0 radical (unpaired) electrons. The zero-order chi connectivity index (χ0) is 14.5. The van der Waals surface area contributed by atoms with E-state index < -0.39 is 12.1 Å². The Morgan fingerprint density at radius 2 is 1.42 bits per heavy atom. The molecule has 0 fully saturated rings. The Morgan fingerprint density at radius 1 is 0.947 bits per heavy atom. The summed E-state index contributed by atoms with van der Waals surface area (Å²) in [7, 11) is 0. The van der Waals surface area contributed by atoms with Crippen molar-refractivity contribution in [2.24, 2.45) is 5.92 Å². The maximum Gasteiger partial charge on any atom is 0.305 e. The molecule has 0 heterocycles. The second kappa shape index (κ2) is 12.5. The quantitative estimate of drug-likeness (QED) is 0.489. The van der Waals surface area contributed by atoms with Crippen LogP contribution >= 0.6 is 0 Å². The molecule has 0 amide bonds. The fourth-order valence-corrected chi connectivity index (χ4v) is 2.26. The molecule has 0 saturated heterocycles. The minimum absolute atomic E-state index is 0.115. The number of hydrogen-bond acceptors (Lipinski definition) is 2. The van der Waals surface area contributed by atoms with Crippen molar-refractivity contribution in [3.63, 3.8) is 0 Å². The normalized spacial score (nSPS) is 14.3. The SMILES string of the molecule is CCC(C)CCCCCCCCCC(O)CC(=O)O. The summed E-state index contributed by atoms with van der Waals surface area (Å²) in [5.74, 6) is -0.0375. The Hall–Kier alpha value is -0.570. The van der Waals surface area contributed by atoms with Crippen molar-refractivity contribution in [1.29, 1.82) is 0 Å². The predicted octanol–water partition coefficient (Wildman–Crippen LogP) is 4.38. The van der Waals surface area contributed by atoms with Crippen LogP contribution in [0.1, 0.15) is 84.5 Å². The molecule has 0 rings (SSSR count). The van der Waals surface area contributed by atoms with Gasteiger partial charge in [0.05, 0.1) is 12.5 Å². The molecule has 3 heteroatoms. The molecule has 2 unspecified atom stereocenters. The highest BCUT2D eigenvalue weighted by molar-refractivity contribution is 5.67. The molecular formula is C16H32O3. The molecule has 0 bridgehead atoms. The Bertz CT molecular complexity index is 216. The fraction of sp³-hybridized carbons (Fsp3) is 0.938. The van der Waals surface area contributed by atoms with Crippen LogP contribution in [0.25, 0.3) is 0 Å². The zero-order valence-corrected chi connectivity index (χ0v) is 12.7. The largest absolute Gasteiger partial charge is 0.481 e. The highest BCUT2D eigenvalue weighted by atomic mass is 16.4. The van der Waals surface area contributed by atoms with Crippen LogP contribution in [0.3, 0.4) is 0 Å². The van der Waals surface area contributed by atoms with E-state index in [1.807, 2.05) is 0 Å². The van der Waals surface area contributed by atoms with Gasteiger partial charge in [0.2, 0.25) is 0 Å². The van der Waals surface area contributed by atoms with Crippen LogP contribution in [-0.4, -0.2) is 22.3 Å². The van der Waals surface area contributed by atoms with Gasteiger partial charge < -0.3 is 10.2 Å². The first-order valence-electron chi connectivity index (χ1n) is 7.96. The van der Waals surface area contributed by atoms with Gasteiger partial charge in [-0.25, -0.2) is 0 Å². The van der Waals surface area contributed by atoms with E-state index in [4.69, 9.17) is 5.11 Å². The predicted molar refractivity (Wildman–Crippen MR) is 79.3 cm³/mol. The lowest BCUT2D eigenvalue weighted by atomic mass is 9.99. The molecule has 0 aliphatic heterocycles. The number of carbonyl (C=O) groups is 1. The van der Waals surface area contributed by atoms with Gasteiger partial charge in [0, 0.05) is 0 Å². The molecule has 19 heavy (non-hydrogen) atoms. The van der Waals surface area contributed by atoms with Crippen molar-refractivity contribution in [3.05, 3.63) is 0 Å². The van der Waals surface area contributed by atoms with Gasteiger partial charge in [-0.05, 0) is 12.3 Å². The van der Waals surface area contributed by atoms with E-state index in [2.05, 4.69) is 13.8 Å². The zero-order valence-electron chi connectivity index (χ0n) is 12.7. The maximum atomic E-state index is 10.4. The van der Waals surface area contributed by atoms with Crippen LogP contribution in [0, 0.1) is 5.92 Å². The van der Waals surface area contributed by atoms with Gasteiger partial charge in [-0.1, -0.05) is 71.6 Å². The first-order chi connectivity index (χ1) is 9.06. The second-order valence-electron chi connectivity index (χ2n) is 5.82. The van der Waals surface area contributed by atoms with Crippen LogP contribution in [0.15, 0.2) is 0 Å². The van der Waals surface area contributed by atoms with Crippen LogP contribution < -0.4 is 0 Å². The molecule has 0 aromatic carbocycles. The van der Waals surface area contributed by atoms with Crippen molar-refractivity contribution < 1.29 is 15.0 Å². The van der Waals surface area contributed by atoms with Crippen LogP contribution in [0.4, 0.5) is 0 Å². The van der Waals surface area contributed by atoms with E-state index in [1.165, 1.54) is 44.9 Å². The number of carboxylic acid groups (broad SMARTS) is 1. The van der Waals surface area contributed by atoms with Crippen molar-refractivity contribution in [3.8, 4) is 0 Å². The van der Waals surface area contributed by atoms with Gasteiger partial charge in [0.1, 0.15) is 0 Å². The molecule has 0 saturated carbocycles. The molecule has 114 valence electrons. The van der Waals surface area contributed by atoms with E-state index in [0.29, 0.717) is 6.42 Å². The summed E-state index contributed by atoms with van der Waals surface area (Å²) in [5.41, 5.74) is 0. The number of unbranched alkanes of at least 4 members (excludes halogenated alkanes) is 6. The Labute approximate surface area is 118 Å². The number of rotatable bonds is 13. The minimum Gasteiger partial charge on any atom is -0.481 e. The van der Waals surface area contributed by atoms with E-state index in [-0.39, 0.29) is 6.42 Å². The molecule has 2 atom stereocenters. The van der Waals surface area contributed by atoms with Gasteiger partial charge in [-0.15, -0.1) is 0 Å². The summed E-state index contributed by atoms with van der Waals surface area (Å²) in [4.78, 5) is 10.4. The first-order valence-corrected chi connectivity index (χ1v) is 7.96. The number of aliphatic carboxylic acids is 1. The lowest BCUT2D eigenvalue weighted by molar-refractivity contribution is -0.139. The average Bonchev–Trinajstić information content (AvgIpc) is 2.35. The van der Waals surface area contributed by atoms with Gasteiger partial charge in [-0.3, -0.25) is 4.79 Å². The minimum atomic E-state index is -0.909. The summed E-state index contributed by atoms with van der Waals surface area (Å²) in [6.07, 6.45) is 11.1. The Kier molecular flexibility index (Phi) is 12.1. The van der Waals surface area contributed by atoms with Gasteiger partial charge in [0.25, 0.3) is 0 Å². The molecule has 0 aliphatic carbocycles. The van der Waals surface area contributed by atoms with Crippen molar-refractivity contribution in [2.75, 3.05) is 0 Å². The maximum absolute atomic E-state index is 10.4. The van der Waals surface area contributed by atoms with E-state index in [0.717, 1.165) is 18.8 Å². The number of aliphatic hydroxyl groups excluding tert-OH is 1. The highest BCUT2D eigenvalue weighted by Crippen LogP contribution is 2.15. The third kappa shape index (κ3) is 13.7. The molecule has 0 aromatic heterocycles. The molecule has 0 aliphatic rings. The van der Waals surface area contributed by atoms with Gasteiger partial charge in [0.15, 0.2) is 0 Å². The van der Waals surface area contributed by atoms with Crippen LogP contribution in [-0.2, 0) is 4.79 Å². The third-order valence-corrected chi connectivity index (χ3v) is 3.84. The van der Waals surface area contributed by atoms with E-state index >= 15 is 0 Å². The molecule has 2 N–H and O–H groups in total. The number of aliphatic hydroxyl groups is 1. The van der Waals surface area contributed by atoms with Crippen molar-refractivity contribution >= 4 is 5.97 Å². The molecular weight excluding hydrogens is 240 g/mol.